The number of nitrogens with one attached hydrogen (secondary N) is 1. The van der Waals surface area contributed by atoms with Crippen LogP contribution in [0.1, 0.15) is 52.4 Å². The van der Waals surface area contributed by atoms with E-state index in [1.807, 2.05) is 4.90 Å². The van der Waals surface area contributed by atoms with Gasteiger partial charge in [0, 0.05) is 12.6 Å². The van der Waals surface area contributed by atoms with Crippen LogP contribution >= 0.6 is 0 Å². The maximum Gasteiger partial charge on any atom is 0.341 e. The maximum absolute atomic E-state index is 12.2. The summed E-state index contributed by atoms with van der Waals surface area (Å²) in [6.07, 6.45) is 6.84. The Kier molecular flexibility index (Phi) is 4.52. The third kappa shape index (κ3) is 3.23. The molecule has 0 aromatic carbocycles. The molecule has 1 heterocycles. The lowest BCUT2D eigenvalue weighted by atomic mass is 9.78. The van der Waals surface area contributed by atoms with Crippen LogP contribution in [0.15, 0.2) is 0 Å². The lowest BCUT2D eigenvalue weighted by Crippen LogP contribution is -2.54. The number of hydrogen-bond donors (Lipinski definition) is 2. The summed E-state index contributed by atoms with van der Waals surface area (Å²) in [5.74, 6) is -0.511. The van der Waals surface area contributed by atoms with Gasteiger partial charge in [-0.15, -0.1) is 0 Å². The number of nitrogens with zero attached hydrogens (tertiary/aromatic N) is 1. The van der Waals surface area contributed by atoms with Gasteiger partial charge in [0.15, 0.2) is 5.60 Å². The summed E-state index contributed by atoms with van der Waals surface area (Å²) >= 11 is 0. The summed E-state index contributed by atoms with van der Waals surface area (Å²) in [5.41, 5.74) is 0.894. The summed E-state index contributed by atoms with van der Waals surface area (Å²) in [6.45, 7) is 3.55. The van der Waals surface area contributed by atoms with Gasteiger partial charge in [-0.1, -0.05) is 12.8 Å². The number of amides is 2. The molecule has 2 rings (SSSR count). The van der Waals surface area contributed by atoms with E-state index in [4.69, 9.17) is 9.94 Å². The van der Waals surface area contributed by atoms with Gasteiger partial charge in [0.25, 0.3) is 0 Å². The van der Waals surface area contributed by atoms with Crippen LogP contribution in [0.2, 0.25) is 0 Å². The summed E-state index contributed by atoms with van der Waals surface area (Å²) in [6, 6.07) is -0.0232. The van der Waals surface area contributed by atoms with Crippen LogP contribution in [0.25, 0.3) is 0 Å². The molecule has 0 aromatic heterocycles. The Morgan fingerprint density at radius 2 is 1.85 bits per heavy atom. The van der Waals surface area contributed by atoms with Crippen molar-refractivity contribution < 1.29 is 19.5 Å². The van der Waals surface area contributed by atoms with Crippen molar-refractivity contribution in [1.82, 2.24) is 10.4 Å². The summed E-state index contributed by atoms with van der Waals surface area (Å²) in [7, 11) is 0. The van der Waals surface area contributed by atoms with Gasteiger partial charge >= 0.3 is 12.0 Å². The molecular formula is C14H24N2O4. The predicted octanol–water partition coefficient (Wildman–Crippen LogP) is 2.15. The van der Waals surface area contributed by atoms with Gasteiger partial charge in [0.05, 0.1) is 0 Å². The molecule has 2 fully saturated rings. The van der Waals surface area contributed by atoms with Crippen molar-refractivity contribution in [3.8, 4) is 0 Å². The number of hydroxylamine groups is 1. The Labute approximate surface area is 119 Å². The topological polar surface area (TPSA) is 78.9 Å². The fourth-order valence-corrected chi connectivity index (χ4v) is 3.15. The second-order valence-corrected chi connectivity index (χ2v) is 6.27. The number of urea groups is 1. The van der Waals surface area contributed by atoms with Crippen molar-refractivity contribution in [2.24, 2.45) is 5.92 Å². The molecule has 0 spiro atoms. The van der Waals surface area contributed by atoms with E-state index in [1.54, 1.807) is 0 Å². The standard InChI is InChI=1S/C14H24N2O4/c1-14(2,12(17)18)20-15-13(19)16-9-5-7-10-6-3-4-8-11(10)16/h10-11H,3-9H2,1-2H3,(H,15,19)(H,17,18)/t10-,11-/m0/s1. The quantitative estimate of drug-likeness (QED) is 0.778. The van der Waals surface area contributed by atoms with E-state index in [9.17, 15) is 9.59 Å². The molecule has 1 aliphatic carbocycles. The first-order valence-electron chi connectivity index (χ1n) is 7.40. The largest absolute Gasteiger partial charge is 0.479 e. The van der Waals surface area contributed by atoms with E-state index < -0.39 is 11.6 Å². The molecule has 1 saturated carbocycles. The number of aliphatic carboxylic acids is 1. The van der Waals surface area contributed by atoms with E-state index >= 15 is 0 Å². The maximum atomic E-state index is 12.2. The van der Waals surface area contributed by atoms with E-state index in [0.29, 0.717) is 5.92 Å². The Balaban J connectivity index is 1.92. The van der Waals surface area contributed by atoms with Crippen molar-refractivity contribution in [3.63, 3.8) is 0 Å². The number of piperidine rings is 1. The molecule has 1 aliphatic heterocycles. The molecule has 0 radical (unpaired) electrons. The highest BCUT2D eigenvalue weighted by atomic mass is 16.7. The van der Waals surface area contributed by atoms with Crippen LogP contribution in [-0.4, -0.2) is 40.2 Å². The third-order valence-electron chi connectivity index (χ3n) is 4.41. The average Bonchev–Trinajstić information content (AvgIpc) is 2.44. The van der Waals surface area contributed by atoms with Crippen molar-refractivity contribution in [1.29, 1.82) is 0 Å². The Bertz CT molecular complexity index is 381. The zero-order valence-electron chi connectivity index (χ0n) is 12.2. The van der Waals surface area contributed by atoms with Crippen molar-refractivity contribution in [3.05, 3.63) is 0 Å². The molecule has 2 atom stereocenters. The first-order chi connectivity index (χ1) is 9.42. The number of carbonyl (C=O) groups excluding carboxylic acids is 1. The second kappa shape index (κ2) is 5.99. The highest BCUT2D eigenvalue weighted by molar-refractivity contribution is 5.77. The molecule has 0 unspecified atom stereocenters. The molecule has 0 aromatic rings. The first-order valence-corrected chi connectivity index (χ1v) is 7.40. The average molecular weight is 284 g/mol. The molecule has 2 amide bonds. The molecule has 20 heavy (non-hydrogen) atoms. The number of fused-ring (bicyclic) bond motifs is 1. The lowest BCUT2D eigenvalue weighted by molar-refractivity contribution is -0.168. The predicted molar refractivity (Wildman–Crippen MR) is 73.0 cm³/mol. The number of carboxylic acid groups (broad SMARTS) is 1. The summed E-state index contributed by atoms with van der Waals surface area (Å²) < 4.78 is 0. The molecule has 1 saturated heterocycles. The first kappa shape index (κ1) is 15.1. The highest BCUT2D eigenvalue weighted by Gasteiger charge is 2.37. The normalized spacial score (nSPS) is 26.8. The third-order valence-corrected chi connectivity index (χ3v) is 4.41. The molecule has 6 nitrogen and oxygen atoms in total. The van der Waals surface area contributed by atoms with Crippen molar-refractivity contribution in [2.45, 2.75) is 64.0 Å². The van der Waals surface area contributed by atoms with Crippen LogP contribution in [0, 0.1) is 5.92 Å². The van der Waals surface area contributed by atoms with Crippen LogP contribution in [0.3, 0.4) is 0 Å². The Morgan fingerprint density at radius 1 is 1.20 bits per heavy atom. The molecule has 0 bridgehead atoms. The van der Waals surface area contributed by atoms with E-state index in [1.165, 1.54) is 33.1 Å². The summed E-state index contributed by atoms with van der Waals surface area (Å²) in [4.78, 5) is 30.0. The number of carbonyl (C=O) groups is 2. The van der Waals surface area contributed by atoms with Gasteiger partial charge in [0.2, 0.25) is 0 Å². The minimum absolute atomic E-state index is 0.286. The molecule has 6 heteroatoms. The van der Waals surface area contributed by atoms with Crippen LogP contribution in [0.5, 0.6) is 0 Å². The second-order valence-electron chi connectivity index (χ2n) is 6.27. The van der Waals surface area contributed by atoms with E-state index in [2.05, 4.69) is 5.48 Å². The molecule has 114 valence electrons. The number of rotatable bonds is 3. The minimum atomic E-state index is -1.42. The minimum Gasteiger partial charge on any atom is -0.479 e. The van der Waals surface area contributed by atoms with Gasteiger partial charge in [-0.3, -0.25) is 4.84 Å². The Morgan fingerprint density at radius 3 is 2.55 bits per heavy atom. The van der Waals surface area contributed by atoms with Gasteiger partial charge < -0.3 is 10.0 Å². The zero-order chi connectivity index (χ0) is 14.8. The fourth-order valence-electron chi connectivity index (χ4n) is 3.15. The van der Waals surface area contributed by atoms with Crippen molar-refractivity contribution in [2.75, 3.05) is 6.54 Å². The Hall–Kier alpha value is -1.30. The van der Waals surface area contributed by atoms with Gasteiger partial charge in [-0.25, -0.2) is 15.1 Å². The van der Waals surface area contributed by atoms with Gasteiger partial charge in [0.1, 0.15) is 0 Å². The number of hydrogen-bond acceptors (Lipinski definition) is 3. The SMILES string of the molecule is CC(C)(ONC(=O)N1CCC[C@@H]2CCCC[C@@H]21)C(=O)O. The van der Waals surface area contributed by atoms with E-state index in [-0.39, 0.29) is 12.1 Å². The molecule has 2 aliphatic rings. The smallest absolute Gasteiger partial charge is 0.341 e. The van der Waals surface area contributed by atoms with Crippen LogP contribution in [-0.2, 0) is 9.63 Å². The van der Waals surface area contributed by atoms with Gasteiger partial charge in [-0.05, 0) is 45.4 Å². The summed E-state index contributed by atoms with van der Waals surface area (Å²) in [5, 5.41) is 8.96. The highest BCUT2D eigenvalue weighted by Crippen LogP contribution is 2.35. The van der Waals surface area contributed by atoms with E-state index in [0.717, 1.165) is 25.8 Å². The van der Waals surface area contributed by atoms with Crippen LogP contribution in [0.4, 0.5) is 4.79 Å². The lowest BCUT2D eigenvalue weighted by Gasteiger charge is -2.44. The fraction of sp³-hybridized carbons (Fsp3) is 0.857. The van der Waals surface area contributed by atoms with Crippen LogP contribution < -0.4 is 5.48 Å². The zero-order valence-corrected chi connectivity index (χ0v) is 12.2. The van der Waals surface area contributed by atoms with Gasteiger partial charge in [-0.2, -0.15) is 0 Å². The molecule has 2 N–H and O–H groups in total. The van der Waals surface area contributed by atoms with Crippen molar-refractivity contribution >= 4 is 12.0 Å². The molecular weight excluding hydrogens is 260 g/mol. The number of carboxylic acids is 1. The monoisotopic (exact) mass is 284 g/mol. The number of likely N-dealkylation sites (tertiary alicyclic amines) is 1.